The third-order valence-corrected chi connectivity index (χ3v) is 3.03. The molecule has 0 aliphatic rings. The van der Waals surface area contributed by atoms with Crippen molar-refractivity contribution in [3.8, 4) is 0 Å². The maximum atomic E-state index is 5.44. The van der Waals surface area contributed by atoms with Crippen molar-refractivity contribution in [2.24, 2.45) is 5.73 Å². The summed E-state index contributed by atoms with van der Waals surface area (Å²) in [4.78, 5) is 8.30. The van der Waals surface area contributed by atoms with Crippen LogP contribution in [0.2, 0.25) is 0 Å². The molecule has 0 saturated carbocycles. The fraction of sp³-hybridized carbons (Fsp3) is 0.231. The van der Waals surface area contributed by atoms with Crippen LogP contribution >= 0.6 is 15.9 Å². The van der Waals surface area contributed by atoms with Gasteiger partial charge in [-0.05, 0) is 17.7 Å². The molecule has 1 heterocycles. The molecule has 0 fully saturated rings. The number of anilines is 2. The first-order valence-electron chi connectivity index (χ1n) is 6.02. The molecular weight excluding hydrogens is 306 g/mol. The van der Waals surface area contributed by atoms with Gasteiger partial charge in [-0.25, -0.2) is 9.97 Å². The van der Waals surface area contributed by atoms with Crippen molar-refractivity contribution < 1.29 is 0 Å². The maximum absolute atomic E-state index is 5.44. The first kappa shape index (κ1) is 13.8. The van der Waals surface area contributed by atoms with Crippen molar-refractivity contribution in [1.29, 1.82) is 0 Å². The van der Waals surface area contributed by atoms with E-state index < -0.39 is 0 Å². The van der Waals surface area contributed by atoms with Crippen LogP contribution in [-0.4, -0.2) is 23.1 Å². The van der Waals surface area contributed by atoms with E-state index in [4.69, 9.17) is 5.73 Å². The summed E-state index contributed by atoms with van der Waals surface area (Å²) in [7, 11) is 0. The van der Waals surface area contributed by atoms with Crippen LogP contribution in [0.3, 0.4) is 0 Å². The first-order valence-corrected chi connectivity index (χ1v) is 6.81. The van der Waals surface area contributed by atoms with E-state index in [9.17, 15) is 0 Å². The number of aromatic nitrogens is 2. The summed E-state index contributed by atoms with van der Waals surface area (Å²) in [6, 6.07) is 10.0. The Kier molecular flexibility index (Phi) is 5.11. The normalized spacial score (nSPS) is 10.2. The van der Waals surface area contributed by atoms with Crippen molar-refractivity contribution in [2.45, 2.75) is 6.54 Å². The molecule has 5 nitrogen and oxygen atoms in total. The summed E-state index contributed by atoms with van der Waals surface area (Å²) in [5.41, 5.74) is 6.63. The smallest absolute Gasteiger partial charge is 0.131 e. The Hall–Kier alpha value is -1.66. The highest BCUT2D eigenvalue weighted by atomic mass is 79.9. The van der Waals surface area contributed by atoms with Gasteiger partial charge in [0.1, 0.15) is 18.0 Å². The van der Waals surface area contributed by atoms with Gasteiger partial charge in [0, 0.05) is 30.2 Å². The predicted octanol–water partition coefficient (Wildman–Crippen LogP) is 2.22. The number of hydrogen-bond donors (Lipinski definition) is 3. The van der Waals surface area contributed by atoms with Gasteiger partial charge >= 0.3 is 0 Å². The monoisotopic (exact) mass is 321 g/mol. The van der Waals surface area contributed by atoms with Crippen LogP contribution < -0.4 is 16.4 Å². The lowest BCUT2D eigenvalue weighted by molar-refractivity contribution is 1.00. The molecule has 0 aliphatic carbocycles. The van der Waals surface area contributed by atoms with Gasteiger partial charge in [0.15, 0.2) is 0 Å². The molecule has 0 amide bonds. The molecule has 6 heteroatoms. The zero-order chi connectivity index (χ0) is 13.5. The molecule has 100 valence electrons. The number of nitrogens with one attached hydrogen (secondary N) is 2. The van der Waals surface area contributed by atoms with E-state index >= 15 is 0 Å². The summed E-state index contributed by atoms with van der Waals surface area (Å²) in [5, 5.41) is 6.38. The maximum Gasteiger partial charge on any atom is 0.131 e. The quantitative estimate of drug-likeness (QED) is 0.760. The van der Waals surface area contributed by atoms with Crippen molar-refractivity contribution >= 4 is 27.6 Å². The van der Waals surface area contributed by atoms with Crippen molar-refractivity contribution in [3.63, 3.8) is 0 Å². The van der Waals surface area contributed by atoms with Gasteiger partial charge in [0.2, 0.25) is 0 Å². The number of nitrogens with zero attached hydrogens (tertiary/aromatic N) is 2. The molecule has 19 heavy (non-hydrogen) atoms. The van der Waals surface area contributed by atoms with Crippen LogP contribution in [-0.2, 0) is 6.54 Å². The fourth-order valence-electron chi connectivity index (χ4n) is 1.55. The zero-order valence-electron chi connectivity index (χ0n) is 10.4. The molecule has 0 atom stereocenters. The Labute approximate surface area is 120 Å². The topological polar surface area (TPSA) is 75.9 Å². The van der Waals surface area contributed by atoms with E-state index in [1.165, 1.54) is 11.9 Å². The van der Waals surface area contributed by atoms with E-state index in [0.717, 1.165) is 22.7 Å². The van der Waals surface area contributed by atoms with Crippen LogP contribution in [0.4, 0.5) is 11.6 Å². The summed E-state index contributed by atoms with van der Waals surface area (Å²) in [6.07, 6.45) is 1.53. The molecule has 0 spiro atoms. The number of halogens is 1. The largest absolute Gasteiger partial charge is 0.369 e. The van der Waals surface area contributed by atoms with Crippen LogP contribution in [0.25, 0.3) is 0 Å². The molecule has 1 aromatic heterocycles. The average Bonchev–Trinajstić information content (AvgIpc) is 2.45. The lowest BCUT2D eigenvalue weighted by Gasteiger charge is -2.08. The molecule has 0 saturated heterocycles. The predicted molar refractivity (Wildman–Crippen MR) is 81.0 cm³/mol. The molecule has 0 unspecified atom stereocenters. The zero-order valence-corrected chi connectivity index (χ0v) is 12.0. The van der Waals surface area contributed by atoms with Crippen LogP contribution in [0.15, 0.2) is 41.1 Å². The van der Waals surface area contributed by atoms with E-state index in [0.29, 0.717) is 13.1 Å². The number of benzene rings is 1. The van der Waals surface area contributed by atoms with E-state index in [1.54, 1.807) is 0 Å². The lowest BCUT2D eigenvalue weighted by atomic mass is 10.2. The first-order chi connectivity index (χ1) is 9.28. The van der Waals surface area contributed by atoms with Crippen LogP contribution in [0.5, 0.6) is 0 Å². The van der Waals surface area contributed by atoms with Gasteiger partial charge in [-0.1, -0.05) is 28.1 Å². The highest BCUT2D eigenvalue weighted by molar-refractivity contribution is 9.10. The van der Waals surface area contributed by atoms with Gasteiger partial charge in [-0.15, -0.1) is 0 Å². The Morgan fingerprint density at radius 2 is 1.74 bits per heavy atom. The summed E-state index contributed by atoms with van der Waals surface area (Å²) < 4.78 is 1.08. The van der Waals surface area contributed by atoms with E-state index in [-0.39, 0.29) is 0 Å². The third kappa shape index (κ3) is 4.50. The Morgan fingerprint density at radius 3 is 2.42 bits per heavy atom. The van der Waals surface area contributed by atoms with Gasteiger partial charge in [-0.3, -0.25) is 0 Å². The fourth-order valence-corrected chi connectivity index (χ4v) is 1.81. The van der Waals surface area contributed by atoms with Crippen LogP contribution in [0, 0.1) is 0 Å². The molecule has 1 aromatic carbocycles. The number of rotatable bonds is 6. The highest BCUT2D eigenvalue weighted by Crippen LogP contribution is 2.13. The third-order valence-electron chi connectivity index (χ3n) is 2.50. The van der Waals surface area contributed by atoms with E-state index in [1.807, 2.05) is 18.2 Å². The van der Waals surface area contributed by atoms with Gasteiger partial charge in [0.05, 0.1) is 0 Å². The molecule has 0 aliphatic heterocycles. The SMILES string of the molecule is NCCNc1cc(NCc2ccc(Br)cc2)ncn1. The summed E-state index contributed by atoms with van der Waals surface area (Å²) >= 11 is 3.42. The molecule has 4 N–H and O–H groups in total. The summed E-state index contributed by atoms with van der Waals surface area (Å²) in [6.45, 7) is 2.00. The van der Waals surface area contributed by atoms with Crippen molar-refractivity contribution in [2.75, 3.05) is 23.7 Å². The van der Waals surface area contributed by atoms with Gasteiger partial charge < -0.3 is 16.4 Å². The van der Waals surface area contributed by atoms with Crippen LogP contribution in [0.1, 0.15) is 5.56 Å². The Bertz CT molecular complexity index is 515. The van der Waals surface area contributed by atoms with Crippen molar-refractivity contribution in [3.05, 3.63) is 46.7 Å². The van der Waals surface area contributed by atoms with Gasteiger partial charge in [-0.2, -0.15) is 0 Å². The van der Waals surface area contributed by atoms with E-state index in [2.05, 4.69) is 48.7 Å². The minimum absolute atomic E-state index is 0.575. The minimum Gasteiger partial charge on any atom is -0.369 e. The molecule has 0 bridgehead atoms. The number of nitrogens with two attached hydrogens (primary N) is 1. The molecular formula is C13H16BrN5. The Morgan fingerprint density at radius 1 is 1.05 bits per heavy atom. The van der Waals surface area contributed by atoms with Gasteiger partial charge in [0.25, 0.3) is 0 Å². The summed E-state index contributed by atoms with van der Waals surface area (Å²) in [5.74, 6) is 1.57. The second kappa shape index (κ2) is 7.06. The second-order valence-corrected chi connectivity index (χ2v) is 4.90. The standard InChI is InChI=1S/C13H16BrN5/c14-11-3-1-10(2-4-11)8-17-13-7-12(16-6-5-15)18-9-19-13/h1-4,7,9H,5-6,8,15H2,(H2,16,17,18,19). The lowest BCUT2D eigenvalue weighted by Crippen LogP contribution is -2.14. The molecule has 0 radical (unpaired) electrons. The minimum atomic E-state index is 0.575. The Balaban J connectivity index is 1.93. The average molecular weight is 322 g/mol. The number of hydrogen-bond acceptors (Lipinski definition) is 5. The van der Waals surface area contributed by atoms with Crippen molar-refractivity contribution in [1.82, 2.24) is 9.97 Å². The highest BCUT2D eigenvalue weighted by Gasteiger charge is 1.98. The molecule has 2 rings (SSSR count). The molecule has 2 aromatic rings. The second-order valence-electron chi connectivity index (χ2n) is 3.98.